The van der Waals surface area contributed by atoms with Crippen molar-refractivity contribution in [1.82, 2.24) is 15.0 Å². The largest absolute Gasteiger partial charge is 0.456 e. The van der Waals surface area contributed by atoms with Gasteiger partial charge in [0.15, 0.2) is 17.5 Å². The summed E-state index contributed by atoms with van der Waals surface area (Å²) in [4.78, 5) is 15.3. The van der Waals surface area contributed by atoms with Crippen LogP contribution in [0.1, 0.15) is 11.1 Å². The number of rotatable bonds is 5. The summed E-state index contributed by atoms with van der Waals surface area (Å²) in [6.07, 6.45) is 0.882. The second kappa shape index (κ2) is 11.5. The predicted octanol–water partition coefficient (Wildman–Crippen LogP) is 11.7. The Kier molecular flexibility index (Phi) is 6.53. The number of nitrogens with zero attached hydrogens (tertiary/aromatic N) is 3. The molecule has 9 aromatic rings. The second-order valence-corrected chi connectivity index (χ2v) is 12.7. The van der Waals surface area contributed by atoms with Crippen molar-refractivity contribution in [2.24, 2.45) is 0 Å². The van der Waals surface area contributed by atoms with E-state index >= 15 is 0 Å². The molecule has 0 bridgehead atoms. The van der Waals surface area contributed by atoms with Crippen molar-refractivity contribution in [3.05, 3.63) is 175 Å². The van der Waals surface area contributed by atoms with Crippen LogP contribution in [0.15, 0.2) is 168 Å². The average Bonchev–Trinajstić information content (AvgIpc) is 3.77. The summed E-state index contributed by atoms with van der Waals surface area (Å²) in [5, 5.41) is 2.04. The number of hydrogen-bond donors (Lipinski definition) is 0. The molecule has 7 aromatic carbocycles. The highest BCUT2D eigenvalue weighted by atomic mass is 16.3. The van der Waals surface area contributed by atoms with Crippen molar-refractivity contribution in [3.8, 4) is 67.5 Å². The number of furan rings is 1. The molecule has 234 valence electrons. The summed E-state index contributed by atoms with van der Waals surface area (Å²) in [6.45, 7) is 0. The maximum absolute atomic E-state index is 6.23. The highest BCUT2D eigenvalue weighted by molar-refractivity contribution is 6.11. The van der Waals surface area contributed by atoms with Crippen molar-refractivity contribution in [2.75, 3.05) is 0 Å². The Bertz CT molecular complexity index is 2730. The van der Waals surface area contributed by atoms with Gasteiger partial charge >= 0.3 is 0 Å². The molecule has 10 rings (SSSR count). The summed E-state index contributed by atoms with van der Waals surface area (Å²) < 4.78 is 6.23. The van der Waals surface area contributed by atoms with E-state index in [4.69, 9.17) is 19.4 Å². The van der Waals surface area contributed by atoms with E-state index in [-0.39, 0.29) is 0 Å². The van der Waals surface area contributed by atoms with Crippen LogP contribution in [0.25, 0.3) is 89.5 Å². The van der Waals surface area contributed by atoms with E-state index in [2.05, 4.69) is 103 Å². The maximum atomic E-state index is 6.23. The Balaban J connectivity index is 1.12. The first-order valence-corrected chi connectivity index (χ1v) is 16.9. The van der Waals surface area contributed by atoms with Gasteiger partial charge in [0.1, 0.15) is 11.2 Å². The molecule has 0 amide bonds. The fraction of sp³-hybridized carbons (Fsp3) is 0.0217. The molecule has 4 heteroatoms. The molecule has 0 saturated carbocycles. The molecule has 0 unspecified atom stereocenters. The Morgan fingerprint density at radius 2 is 0.860 bits per heavy atom. The van der Waals surface area contributed by atoms with Crippen LogP contribution in [-0.4, -0.2) is 15.0 Å². The van der Waals surface area contributed by atoms with Gasteiger partial charge in [0.25, 0.3) is 0 Å². The molecule has 2 aromatic heterocycles. The van der Waals surface area contributed by atoms with Gasteiger partial charge in [0.2, 0.25) is 0 Å². The summed E-state index contributed by atoms with van der Waals surface area (Å²) in [6, 6.07) is 57.0. The molecule has 50 heavy (non-hydrogen) atoms. The number of para-hydroxylation sites is 1. The lowest BCUT2D eigenvalue weighted by Gasteiger charge is -2.12. The Morgan fingerprint density at radius 1 is 0.360 bits per heavy atom. The minimum absolute atomic E-state index is 0.612. The number of benzene rings is 7. The molecule has 4 nitrogen and oxygen atoms in total. The summed E-state index contributed by atoms with van der Waals surface area (Å²) in [5.74, 6) is 1.87. The van der Waals surface area contributed by atoms with E-state index in [1.165, 1.54) is 38.9 Å². The molecular formula is C46H29N3O. The monoisotopic (exact) mass is 639 g/mol. The van der Waals surface area contributed by atoms with Crippen LogP contribution in [0.5, 0.6) is 0 Å². The molecule has 0 atom stereocenters. The van der Waals surface area contributed by atoms with Crippen molar-refractivity contribution < 1.29 is 4.42 Å². The van der Waals surface area contributed by atoms with Gasteiger partial charge in [-0.25, -0.2) is 15.0 Å². The van der Waals surface area contributed by atoms with E-state index < -0.39 is 0 Å². The lowest BCUT2D eigenvalue weighted by atomic mass is 9.94. The zero-order valence-electron chi connectivity index (χ0n) is 27.0. The fourth-order valence-electron chi connectivity index (χ4n) is 7.52. The lowest BCUT2D eigenvalue weighted by molar-refractivity contribution is 0.669. The molecule has 2 heterocycles. The SMILES string of the molecule is c1ccc(-c2nc(-c3cccc(-c4cccc5c4Cc4c(-c6ccccc6)cccc4-5)c3)nc(-c3cccc4oc5ccccc5c34)n2)cc1. The van der Waals surface area contributed by atoms with Gasteiger partial charge < -0.3 is 4.42 Å². The van der Waals surface area contributed by atoms with Gasteiger partial charge in [-0.3, -0.25) is 0 Å². The van der Waals surface area contributed by atoms with Crippen LogP contribution in [0.4, 0.5) is 0 Å². The number of aromatic nitrogens is 3. The molecule has 0 radical (unpaired) electrons. The minimum Gasteiger partial charge on any atom is -0.456 e. The third-order valence-corrected chi connectivity index (χ3v) is 9.82. The smallest absolute Gasteiger partial charge is 0.164 e. The molecule has 1 aliphatic carbocycles. The Morgan fingerprint density at radius 3 is 1.62 bits per heavy atom. The zero-order valence-corrected chi connectivity index (χ0v) is 27.0. The molecule has 0 aliphatic heterocycles. The first-order chi connectivity index (χ1) is 24.8. The van der Waals surface area contributed by atoms with E-state index in [1.54, 1.807) is 0 Å². The molecule has 1 aliphatic rings. The van der Waals surface area contributed by atoms with Crippen LogP contribution in [0.3, 0.4) is 0 Å². The standard InChI is InChI=1S/C46H29N3O/c1-3-13-29(14-4-1)33-20-10-22-35-36-23-11-21-34(40(36)28-39(33)35)31-17-9-18-32(27-31)45-47-44(30-15-5-2-6-16-30)48-46(49-45)38-24-12-26-42-43(38)37-19-7-8-25-41(37)50-42/h1-27H,28H2. The quantitative estimate of drug-likeness (QED) is 0.188. The van der Waals surface area contributed by atoms with Gasteiger partial charge in [-0.15, -0.1) is 0 Å². The third kappa shape index (κ3) is 4.65. The second-order valence-electron chi connectivity index (χ2n) is 12.7. The van der Waals surface area contributed by atoms with Crippen LogP contribution >= 0.6 is 0 Å². The van der Waals surface area contributed by atoms with Crippen molar-refractivity contribution >= 4 is 21.9 Å². The molecular weight excluding hydrogens is 611 g/mol. The Hall–Kier alpha value is -6.65. The Labute approximate surface area is 289 Å². The van der Waals surface area contributed by atoms with Crippen LogP contribution in [0.2, 0.25) is 0 Å². The van der Waals surface area contributed by atoms with Gasteiger partial charge in [-0.2, -0.15) is 0 Å². The number of hydrogen-bond acceptors (Lipinski definition) is 4. The lowest BCUT2D eigenvalue weighted by Crippen LogP contribution is -2.00. The van der Waals surface area contributed by atoms with Crippen LogP contribution in [-0.2, 0) is 6.42 Å². The number of fused-ring (bicyclic) bond motifs is 6. The minimum atomic E-state index is 0.612. The van der Waals surface area contributed by atoms with Gasteiger partial charge in [0, 0.05) is 27.5 Å². The van der Waals surface area contributed by atoms with E-state index in [9.17, 15) is 0 Å². The third-order valence-electron chi connectivity index (χ3n) is 9.82. The van der Waals surface area contributed by atoms with Crippen LogP contribution in [0, 0.1) is 0 Å². The fourth-order valence-corrected chi connectivity index (χ4v) is 7.52. The summed E-state index contributed by atoms with van der Waals surface area (Å²) >= 11 is 0. The topological polar surface area (TPSA) is 51.8 Å². The van der Waals surface area contributed by atoms with Gasteiger partial charge in [-0.05, 0) is 69.1 Å². The average molecular weight is 640 g/mol. The van der Waals surface area contributed by atoms with Gasteiger partial charge in [-0.1, -0.05) is 146 Å². The van der Waals surface area contributed by atoms with E-state index in [1.807, 2.05) is 60.7 Å². The predicted molar refractivity (Wildman–Crippen MR) is 203 cm³/mol. The molecule has 0 spiro atoms. The summed E-state index contributed by atoms with van der Waals surface area (Å²) in [5.41, 5.74) is 14.7. The normalized spacial score (nSPS) is 11.9. The molecule has 0 N–H and O–H groups in total. The van der Waals surface area contributed by atoms with Crippen molar-refractivity contribution in [2.45, 2.75) is 6.42 Å². The van der Waals surface area contributed by atoms with Gasteiger partial charge in [0.05, 0.1) is 0 Å². The van der Waals surface area contributed by atoms with Crippen molar-refractivity contribution in [3.63, 3.8) is 0 Å². The highest BCUT2D eigenvalue weighted by Gasteiger charge is 2.25. The maximum Gasteiger partial charge on any atom is 0.164 e. The summed E-state index contributed by atoms with van der Waals surface area (Å²) in [7, 11) is 0. The van der Waals surface area contributed by atoms with E-state index in [0.29, 0.717) is 17.5 Å². The highest BCUT2D eigenvalue weighted by Crippen LogP contribution is 2.45. The molecule has 0 saturated heterocycles. The van der Waals surface area contributed by atoms with Crippen molar-refractivity contribution in [1.29, 1.82) is 0 Å². The first kappa shape index (κ1) is 28.4. The zero-order chi connectivity index (χ0) is 33.0. The van der Waals surface area contributed by atoms with E-state index in [0.717, 1.165) is 50.6 Å². The molecule has 0 fully saturated rings. The van der Waals surface area contributed by atoms with Crippen LogP contribution < -0.4 is 0 Å². The first-order valence-electron chi connectivity index (χ1n) is 16.9.